The molecule has 0 radical (unpaired) electrons. The molecular weight excluding hydrogens is 337 g/mol. The summed E-state index contributed by atoms with van der Waals surface area (Å²) in [6.07, 6.45) is 1.59. The van der Waals surface area contributed by atoms with Gasteiger partial charge in [0.05, 0.1) is 19.9 Å². The lowest BCUT2D eigenvalue weighted by Gasteiger charge is -2.09. The zero-order valence-corrected chi connectivity index (χ0v) is 14.4. The molecule has 2 rings (SSSR count). The van der Waals surface area contributed by atoms with Crippen LogP contribution in [0.5, 0.6) is 11.5 Å². The van der Waals surface area contributed by atoms with E-state index in [0.717, 1.165) is 5.56 Å². The van der Waals surface area contributed by atoms with Gasteiger partial charge in [0.2, 0.25) is 0 Å². The Balaban J connectivity index is 2.00. The molecule has 0 atom stereocenters. The van der Waals surface area contributed by atoms with Gasteiger partial charge in [-0.3, -0.25) is 0 Å². The highest BCUT2D eigenvalue weighted by molar-refractivity contribution is 6.35. The number of halogens is 2. The SMILES string of the molecule is CCOc1ccc(C=NOCc2c(Cl)cccc2Cl)cc1OC. The van der Waals surface area contributed by atoms with E-state index in [0.29, 0.717) is 33.7 Å². The lowest BCUT2D eigenvalue weighted by Crippen LogP contribution is -1.96. The number of hydrogen-bond acceptors (Lipinski definition) is 4. The number of hydrogen-bond donors (Lipinski definition) is 0. The summed E-state index contributed by atoms with van der Waals surface area (Å²) >= 11 is 12.1. The van der Waals surface area contributed by atoms with Crippen molar-refractivity contribution >= 4 is 29.4 Å². The summed E-state index contributed by atoms with van der Waals surface area (Å²) in [6, 6.07) is 10.8. The number of rotatable bonds is 7. The van der Waals surface area contributed by atoms with Crippen LogP contribution in [0.1, 0.15) is 18.1 Å². The average Bonchev–Trinajstić information content (AvgIpc) is 2.55. The highest BCUT2D eigenvalue weighted by Gasteiger charge is 2.06. The van der Waals surface area contributed by atoms with Crippen molar-refractivity contribution in [3.05, 3.63) is 57.6 Å². The van der Waals surface area contributed by atoms with Crippen molar-refractivity contribution in [3.8, 4) is 11.5 Å². The molecule has 0 aliphatic rings. The maximum absolute atomic E-state index is 6.07. The Morgan fingerprint density at radius 2 is 1.83 bits per heavy atom. The van der Waals surface area contributed by atoms with E-state index in [9.17, 15) is 0 Å². The van der Waals surface area contributed by atoms with E-state index in [2.05, 4.69) is 5.16 Å². The Morgan fingerprint density at radius 1 is 1.09 bits per heavy atom. The van der Waals surface area contributed by atoms with Crippen LogP contribution >= 0.6 is 23.2 Å². The van der Waals surface area contributed by atoms with Gasteiger partial charge < -0.3 is 14.3 Å². The van der Waals surface area contributed by atoms with Gasteiger partial charge in [-0.15, -0.1) is 0 Å². The molecule has 0 N–H and O–H groups in total. The van der Waals surface area contributed by atoms with Crippen molar-refractivity contribution in [1.82, 2.24) is 0 Å². The minimum absolute atomic E-state index is 0.198. The fraction of sp³-hybridized carbons (Fsp3) is 0.235. The zero-order valence-electron chi connectivity index (χ0n) is 12.9. The number of nitrogens with zero attached hydrogens (tertiary/aromatic N) is 1. The molecule has 2 aromatic rings. The summed E-state index contributed by atoms with van der Waals surface area (Å²) in [5, 5.41) is 5.03. The van der Waals surface area contributed by atoms with E-state index in [-0.39, 0.29) is 6.61 Å². The van der Waals surface area contributed by atoms with Gasteiger partial charge in [-0.05, 0) is 37.3 Å². The van der Waals surface area contributed by atoms with Crippen LogP contribution in [0.25, 0.3) is 0 Å². The number of benzene rings is 2. The van der Waals surface area contributed by atoms with Crippen LogP contribution in [0.4, 0.5) is 0 Å². The van der Waals surface area contributed by atoms with E-state index in [4.69, 9.17) is 37.5 Å². The summed E-state index contributed by atoms with van der Waals surface area (Å²) in [4.78, 5) is 5.27. The molecule has 122 valence electrons. The lowest BCUT2D eigenvalue weighted by molar-refractivity contribution is 0.132. The Labute approximate surface area is 145 Å². The van der Waals surface area contributed by atoms with Crippen molar-refractivity contribution in [3.63, 3.8) is 0 Å². The Kier molecular flexibility index (Phi) is 6.56. The van der Waals surface area contributed by atoms with Crippen LogP contribution in [0.3, 0.4) is 0 Å². The minimum Gasteiger partial charge on any atom is -0.493 e. The lowest BCUT2D eigenvalue weighted by atomic mass is 10.2. The molecule has 0 aliphatic carbocycles. The molecule has 0 fully saturated rings. The van der Waals surface area contributed by atoms with Crippen LogP contribution in [0.15, 0.2) is 41.6 Å². The first-order chi connectivity index (χ1) is 11.2. The minimum atomic E-state index is 0.198. The third-order valence-corrected chi connectivity index (χ3v) is 3.74. The number of methoxy groups -OCH3 is 1. The fourth-order valence-corrected chi connectivity index (χ4v) is 2.42. The molecule has 0 aromatic heterocycles. The van der Waals surface area contributed by atoms with Gasteiger partial charge in [-0.1, -0.05) is 34.4 Å². The Hall–Kier alpha value is -1.91. The van der Waals surface area contributed by atoms with Crippen LogP contribution in [-0.4, -0.2) is 19.9 Å². The molecule has 0 saturated carbocycles. The van der Waals surface area contributed by atoms with Crippen molar-refractivity contribution < 1.29 is 14.3 Å². The first-order valence-electron chi connectivity index (χ1n) is 7.04. The first kappa shape index (κ1) is 17.4. The van der Waals surface area contributed by atoms with E-state index in [1.165, 1.54) is 0 Å². The molecular formula is C17H17Cl2NO3. The predicted octanol–water partition coefficient (Wildman–Crippen LogP) is 4.95. The molecule has 0 aliphatic heterocycles. The quantitative estimate of drug-likeness (QED) is 0.522. The topological polar surface area (TPSA) is 40.0 Å². The highest BCUT2D eigenvalue weighted by Crippen LogP contribution is 2.27. The van der Waals surface area contributed by atoms with E-state index in [1.54, 1.807) is 31.5 Å². The summed E-state index contributed by atoms with van der Waals surface area (Å²) in [5.41, 5.74) is 1.54. The van der Waals surface area contributed by atoms with Crippen molar-refractivity contribution in [2.24, 2.45) is 5.16 Å². The number of oxime groups is 1. The smallest absolute Gasteiger partial charge is 0.161 e. The Bertz CT molecular complexity index is 669. The second-order valence-corrected chi connectivity index (χ2v) is 5.37. The number of ether oxygens (including phenoxy) is 2. The third-order valence-electron chi connectivity index (χ3n) is 3.03. The molecule has 0 unspecified atom stereocenters. The van der Waals surface area contributed by atoms with Crippen molar-refractivity contribution in [1.29, 1.82) is 0 Å². The molecule has 0 amide bonds. The van der Waals surface area contributed by atoms with Gasteiger partial charge in [-0.25, -0.2) is 0 Å². The van der Waals surface area contributed by atoms with Crippen molar-refractivity contribution in [2.45, 2.75) is 13.5 Å². The molecule has 6 heteroatoms. The second kappa shape index (κ2) is 8.65. The zero-order chi connectivity index (χ0) is 16.7. The normalized spacial score (nSPS) is 10.8. The predicted molar refractivity (Wildman–Crippen MR) is 93.0 cm³/mol. The molecule has 2 aromatic carbocycles. The molecule has 0 bridgehead atoms. The molecule has 0 heterocycles. The van der Waals surface area contributed by atoms with Gasteiger partial charge in [0, 0.05) is 21.2 Å². The monoisotopic (exact) mass is 353 g/mol. The van der Waals surface area contributed by atoms with Crippen LogP contribution in [0, 0.1) is 0 Å². The first-order valence-corrected chi connectivity index (χ1v) is 7.80. The van der Waals surface area contributed by atoms with E-state index >= 15 is 0 Å². The van der Waals surface area contributed by atoms with Gasteiger partial charge in [0.1, 0.15) is 6.61 Å². The van der Waals surface area contributed by atoms with Crippen molar-refractivity contribution in [2.75, 3.05) is 13.7 Å². The van der Waals surface area contributed by atoms with E-state index < -0.39 is 0 Å². The van der Waals surface area contributed by atoms with Crippen LogP contribution in [0.2, 0.25) is 10.0 Å². The fourth-order valence-electron chi connectivity index (χ4n) is 1.91. The van der Waals surface area contributed by atoms with Gasteiger partial charge in [0.25, 0.3) is 0 Å². The third kappa shape index (κ3) is 4.78. The maximum Gasteiger partial charge on any atom is 0.161 e. The second-order valence-electron chi connectivity index (χ2n) is 4.55. The highest BCUT2D eigenvalue weighted by atomic mass is 35.5. The summed E-state index contributed by atoms with van der Waals surface area (Å²) < 4.78 is 10.7. The summed E-state index contributed by atoms with van der Waals surface area (Å²) in [5.74, 6) is 1.33. The molecule has 0 saturated heterocycles. The summed E-state index contributed by atoms with van der Waals surface area (Å²) in [7, 11) is 1.59. The maximum atomic E-state index is 6.07. The van der Waals surface area contributed by atoms with Crippen LogP contribution in [-0.2, 0) is 11.4 Å². The van der Waals surface area contributed by atoms with Gasteiger partial charge in [0.15, 0.2) is 11.5 Å². The van der Waals surface area contributed by atoms with Gasteiger partial charge >= 0.3 is 0 Å². The average molecular weight is 354 g/mol. The van der Waals surface area contributed by atoms with Gasteiger partial charge in [-0.2, -0.15) is 0 Å². The molecule has 23 heavy (non-hydrogen) atoms. The molecule has 0 spiro atoms. The van der Waals surface area contributed by atoms with E-state index in [1.807, 2.05) is 25.1 Å². The largest absolute Gasteiger partial charge is 0.493 e. The standard InChI is InChI=1S/C17H17Cl2NO3/c1-3-22-16-8-7-12(9-17(16)21-2)10-20-23-11-13-14(18)5-4-6-15(13)19/h4-10H,3,11H2,1-2H3. The molecule has 4 nitrogen and oxygen atoms in total. The summed E-state index contributed by atoms with van der Waals surface area (Å²) in [6.45, 7) is 2.69. The van der Waals surface area contributed by atoms with Crippen LogP contribution < -0.4 is 9.47 Å². The Morgan fingerprint density at radius 3 is 2.48 bits per heavy atom.